The average molecular weight is 347 g/mol. The Labute approximate surface area is 141 Å². The van der Waals surface area contributed by atoms with Gasteiger partial charge in [-0.1, -0.05) is 11.6 Å². The fourth-order valence-electron chi connectivity index (χ4n) is 2.75. The minimum absolute atomic E-state index is 0.126. The zero-order valence-corrected chi connectivity index (χ0v) is 13.1. The second-order valence-electron chi connectivity index (χ2n) is 5.45. The number of anilines is 1. The third kappa shape index (κ3) is 2.67. The van der Waals surface area contributed by atoms with Gasteiger partial charge in [-0.3, -0.25) is 10.1 Å². The number of ether oxygens (including phenoxy) is 1. The second kappa shape index (κ2) is 5.76. The molecular weight excluding hydrogens is 335 g/mol. The van der Waals surface area contributed by atoms with Crippen LogP contribution in [0, 0.1) is 5.82 Å². The molecule has 1 aliphatic rings. The van der Waals surface area contributed by atoms with Crippen molar-refractivity contribution < 1.29 is 13.9 Å². The Kier molecular flexibility index (Phi) is 3.57. The quantitative estimate of drug-likeness (QED) is 0.774. The molecule has 0 saturated heterocycles. The van der Waals surface area contributed by atoms with Crippen molar-refractivity contribution in [3.63, 3.8) is 0 Å². The van der Waals surface area contributed by atoms with Crippen LogP contribution in [0.15, 0.2) is 36.5 Å². The first-order chi connectivity index (χ1) is 11.6. The molecule has 0 spiro atoms. The van der Waals surface area contributed by atoms with Gasteiger partial charge in [-0.25, -0.2) is 8.91 Å². The highest BCUT2D eigenvalue weighted by atomic mass is 35.5. The van der Waals surface area contributed by atoms with Gasteiger partial charge in [0.1, 0.15) is 11.6 Å². The van der Waals surface area contributed by atoms with Crippen LogP contribution in [0.5, 0.6) is 5.75 Å². The number of rotatable bonds is 2. The van der Waals surface area contributed by atoms with Gasteiger partial charge in [-0.15, -0.1) is 5.10 Å². The first-order valence-electron chi connectivity index (χ1n) is 7.35. The number of carbonyl (C=O) groups is 1. The SMILES string of the molecule is O=C(Nc1nc2ccc(F)cn2n1)[C@@H]1CCOc2ccc(Cl)cc21. The summed E-state index contributed by atoms with van der Waals surface area (Å²) in [5.41, 5.74) is 1.18. The van der Waals surface area contributed by atoms with Gasteiger partial charge in [-0.2, -0.15) is 4.98 Å². The average Bonchev–Trinajstić information content (AvgIpc) is 2.95. The van der Waals surface area contributed by atoms with Crippen molar-refractivity contribution in [1.29, 1.82) is 0 Å². The monoisotopic (exact) mass is 346 g/mol. The predicted octanol–water partition coefficient (Wildman–Crippen LogP) is 3.03. The lowest BCUT2D eigenvalue weighted by Crippen LogP contribution is -2.27. The van der Waals surface area contributed by atoms with Gasteiger partial charge in [0.05, 0.1) is 18.7 Å². The molecule has 0 bridgehead atoms. The minimum Gasteiger partial charge on any atom is -0.493 e. The molecule has 24 heavy (non-hydrogen) atoms. The van der Waals surface area contributed by atoms with Gasteiger partial charge < -0.3 is 4.74 Å². The molecule has 6 nitrogen and oxygen atoms in total. The Bertz CT molecular complexity index is 943. The summed E-state index contributed by atoms with van der Waals surface area (Å²) in [5, 5.41) is 7.28. The van der Waals surface area contributed by atoms with Crippen LogP contribution in [0.2, 0.25) is 5.02 Å². The van der Waals surface area contributed by atoms with Crippen molar-refractivity contribution in [2.24, 2.45) is 0 Å². The molecule has 122 valence electrons. The first kappa shape index (κ1) is 14.9. The number of fused-ring (bicyclic) bond motifs is 2. The molecule has 1 aliphatic heterocycles. The molecule has 0 unspecified atom stereocenters. The van der Waals surface area contributed by atoms with Crippen LogP contribution in [0.1, 0.15) is 17.9 Å². The van der Waals surface area contributed by atoms with Crippen molar-refractivity contribution in [3.05, 3.63) is 52.9 Å². The Morgan fingerprint density at radius 3 is 3.12 bits per heavy atom. The van der Waals surface area contributed by atoms with Crippen molar-refractivity contribution >= 4 is 29.1 Å². The fraction of sp³-hybridized carbons (Fsp3) is 0.188. The standard InChI is InChI=1S/C16H12ClFN4O2/c17-9-1-3-13-12(7-9)11(5-6-24-13)15(23)20-16-19-14-4-2-10(18)8-22(14)21-16/h1-4,7-8,11H,5-6H2,(H,20,21,23)/t11-/m1/s1. The number of hydrogen-bond donors (Lipinski definition) is 1. The third-order valence-corrected chi connectivity index (χ3v) is 4.09. The molecule has 3 aromatic rings. The van der Waals surface area contributed by atoms with E-state index >= 15 is 0 Å². The van der Waals surface area contributed by atoms with E-state index in [1.54, 1.807) is 18.2 Å². The minimum atomic E-state index is -0.432. The third-order valence-electron chi connectivity index (χ3n) is 3.86. The fourth-order valence-corrected chi connectivity index (χ4v) is 2.93. The lowest BCUT2D eigenvalue weighted by atomic mass is 9.92. The normalized spacial score (nSPS) is 16.5. The van der Waals surface area contributed by atoms with Gasteiger partial charge in [-0.05, 0) is 36.8 Å². The van der Waals surface area contributed by atoms with Crippen LogP contribution >= 0.6 is 11.6 Å². The number of carbonyl (C=O) groups excluding carboxylic acids is 1. The number of halogens is 2. The Morgan fingerprint density at radius 2 is 2.25 bits per heavy atom. The number of nitrogens with one attached hydrogen (secondary N) is 1. The van der Waals surface area contributed by atoms with E-state index < -0.39 is 11.7 Å². The summed E-state index contributed by atoms with van der Waals surface area (Å²) in [6.07, 6.45) is 1.72. The smallest absolute Gasteiger partial charge is 0.249 e. The van der Waals surface area contributed by atoms with Crippen molar-refractivity contribution in [1.82, 2.24) is 14.6 Å². The summed E-state index contributed by atoms with van der Waals surface area (Å²) in [4.78, 5) is 16.8. The zero-order chi connectivity index (χ0) is 16.7. The first-order valence-corrected chi connectivity index (χ1v) is 7.73. The van der Waals surface area contributed by atoms with E-state index in [2.05, 4.69) is 15.4 Å². The highest BCUT2D eigenvalue weighted by Crippen LogP contribution is 2.36. The summed E-state index contributed by atoms with van der Waals surface area (Å²) >= 11 is 6.02. The van der Waals surface area contributed by atoms with Crippen molar-refractivity contribution in [2.75, 3.05) is 11.9 Å². The number of amides is 1. The molecule has 8 heteroatoms. The maximum atomic E-state index is 13.2. The maximum absolute atomic E-state index is 13.2. The van der Waals surface area contributed by atoms with Gasteiger partial charge >= 0.3 is 0 Å². The van der Waals surface area contributed by atoms with E-state index in [0.29, 0.717) is 29.4 Å². The van der Waals surface area contributed by atoms with Crippen molar-refractivity contribution in [3.8, 4) is 5.75 Å². The zero-order valence-electron chi connectivity index (χ0n) is 12.4. The van der Waals surface area contributed by atoms with E-state index in [1.165, 1.54) is 22.8 Å². The van der Waals surface area contributed by atoms with Crippen LogP contribution in [0.3, 0.4) is 0 Å². The van der Waals surface area contributed by atoms with E-state index in [0.717, 1.165) is 5.56 Å². The maximum Gasteiger partial charge on any atom is 0.249 e. The second-order valence-corrected chi connectivity index (χ2v) is 5.88. The van der Waals surface area contributed by atoms with Crippen LogP contribution in [-0.2, 0) is 4.79 Å². The van der Waals surface area contributed by atoms with Gasteiger partial charge in [0.25, 0.3) is 0 Å². The molecule has 1 amide bonds. The van der Waals surface area contributed by atoms with E-state index in [1.807, 2.05) is 0 Å². The van der Waals surface area contributed by atoms with Crippen molar-refractivity contribution in [2.45, 2.75) is 12.3 Å². The van der Waals surface area contributed by atoms with Crippen LogP contribution in [0.25, 0.3) is 5.65 Å². The van der Waals surface area contributed by atoms with E-state index in [-0.39, 0.29) is 11.9 Å². The van der Waals surface area contributed by atoms with E-state index in [9.17, 15) is 9.18 Å². The summed E-state index contributed by atoms with van der Waals surface area (Å²) in [6.45, 7) is 0.441. The predicted molar refractivity (Wildman–Crippen MR) is 85.9 cm³/mol. The van der Waals surface area contributed by atoms with Crippen LogP contribution in [-0.4, -0.2) is 27.1 Å². The summed E-state index contributed by atoms with van der Waals surface area (Å²) in [6, 6.07) is 7.97. The van der Waals surface area contributed by atoms with Crippen LogP contribution in [0.4, 0.5) is 10.3 Å². The number of pyridine rings is 1. The molecule has 2 aromatic heterocycles. The summed E-state index contributed by atoms with van der Waals surface area (Å²) < 4.78 is 20.0. The van der Waals surface area contributed by atoms with Gasteiger partial charge in [0.2, 0.25) is 11.9 Å². The summed E-state index contributed by atoms with van der Waals surface area (Å²) in [7, 11) is 0. The Morgan fingerprint density at radius 1 is 1.38 bits per heavy atom. The molecule has 0 fully saturated rings. The highest BCUT2D eigenvalue weighted by Gasteiger charge is 2.28. The Balaban J connectivity index is 1.61. The molecule has 1 atom stereocenters. The van der Waals surface area contributed by atoms with E-state index in [4.69, 9.17) is 16.3 Å². The number of nitrogens with zero attached hydrogens (tertiary/aromatic N) is 3. The van der Waals surface area contributed by atoms with Gasteiger partial charge in [0.15, 0.2) is 5.65 Å². The molecule has 1 N–H and O–H groups in total. The topological polar surface area (TPSA) is 68.5 Å². The number of benzene rings is 1. The summed E-state index contributed by atoms with van der Waals surface area (Å²) in [5.74, 6) is -0.316. The van der Waals surface area contributed by atoms with Gasteiger partial charge in [0, 0.05) is 10.6 Å². The number of hydrogen-bond acceptors (Lipinski definition) is 4. The lowest BCUT2D eigenvalue weighted by Gasteiger charge is -2.24. The molecule has 0 saturated carbocycles. The Hall–Kier alpha value is -2.67. The van der Waals surface area contributed by atoms with Crippen LogP contribution < -0.4 is 10.1 Å². The molecular formula is C16H12ClFN4O2. The molecule has 4 rings (SSSR count). The highest BCUT2D eigenvalue weighted by molar-refractivity contribution is 6.30. The molecule has 1 aromatic carbocycles. The molecule has 0 radical (unpaired) electrons. The molecule has 0 aliphatic carbocycles. The molecule has 3 heterocycles. The lowest BCUT2D eigenvalue weighted by molar-refractivity contribution is -0.118. The number of aromatic nitrogens is 3. The largest absolute Gasteiger partial charge is 0.493 e.